The maximum Gasteiger partial charge on any atom is 0.0991 e. The van der Waals surface area contributed by atoms with Crippen LogP contribution in [0.4, 0.5) is 0 Å². The summed E-state index contributed by atoms with van der Waals surface area (Å²) >= 11 is 0. The average molecular weight is 587 g/mol. The third-order valence-electron chi connectivity index (χ3n) is 8.41. The fourth-order valence-electron chi connectivity index (χ4n) is 6.12. The predicted octanol–water partition coefficient (Wildman–Crippen LogP) is 10.4. The summed E-state index contributed by atoms with van der Waals surface area (Å²) in [7, 11) is 0. The molecule has 0 spiro atoms. The number of hydrogen-bond donors (Lipinski definition) is 0. The smallest absolute Gasteiger partial charge is 0.0991 e. The summed E-state index contributed by atoms with van der Waals surface area (Å²) in [6, 6.07) is 52.2. The third-order valence-corrected chi connectivity index (χ3v) is 8.41. The Morgan fingerprint density at radius 2 is 1.02 bits per heavy atom. The molecule has 0 unspecified atom stereocenters. The Bertz CT molecular complexity index is 2350. The highest BCUT2D eigenvalue weighted by atomic mass is 14.8. The van der Waals surface area contributed by atoms with E-state index in [1.165, 1.54) is 16.2 Å². The van der Waals surface area contributed by atoms with E-state index >= 15 is 0 Å². The minimum atomic E-state index is 0.662. The maximum atomic E-state index is 9.22. The van der Waals surface area contributed by atoms with E-state index in [2.05, 4.69) is 101 Å². The lowest BCUT2D eigenvalue weighted by Crippen LogP contribution is -1.94. The normalized spacial score (nSPS) is 11.0. The van der Waals surface area contributed by atoms with Gasteiger partial charge in [-0.3, -0.25) is 9.97 Å². The quantitative estimate of drug-likeness (QED) is 0.201. The summed E-state index contributed by atoms with van der Waals surface area (Å²) in [6.45, 7) is 0. The molecule has 214 valence electrons. The van der Waals surface area contributed by atoms with Gasteiger partial charge in [0.05, 0.1) is 34.4 Å². The molecule has 0 saturated carbocycles. The minimum Gasteiger partial charge on any atom is -0.255 e. The molecular weight excluding hydrogens is 560 g/mol. The zero-order chi connectivity index (χ0) is 30.9. The van der Waals surface area contributed by atoms with Crippen LogP contribution < -0.4 is 0 Å². The molecule has 4 nitrogen and oxygen atoms in total. The lowest BCUT2D eigenvalue weighted by molar-refractivity contribution is 1.22. The van der Waals surface area contributed by atoms with Gasteiger partial charge in [0, 0.05) is 12.4 Å². The van der Waals surface area contributed by atoms with Crippen molar-refractivity contribution in [2.75, 3.05) is 0 Å². The molecule has 0 radical (unpaired) electrons. The molecular formula is C42H26N4. The van der Waals surface area contributed by atoms with E-state index in [0.717, 1.165) is 61.5 Å². The highest BCUT2D eigenvalue weighted by Crippen LogP contribution is 2.37. The molecule has 0 bridgehead atoms. The molecule has 8 rings (SSSR count). The van der Waals surface area contributed by atoms with Crippen LogP contribution in [-0.4, -0.2) is 15.0 Å². The van der Waals surface area contributed by atoms with Gasteiger partial charge in [-0.05, 0) is 116 Å². The van der Waals surface area contributed by atoms with Crippen LogP contribution in [-0.2, 0) is 0 Å². The Hall–Kier alpha value is -6.44. The lowest BCUT2D eigenvalue weighted by Gasteiger charge is -2.13. The maximum absolute atomic E-state index is 9.22. The van der Waals surface area contributed by atoms with Gasteiger partial charge in [0.2, 0.25) is 0 Å². The molecule has 8 aromatic rings. The van der Waals surface area contributed by atoms with Crippen LogP contribution >= 0.6 is 0 Å². The molecule has 0 aliphatic heterocycles. The van der Waals surface area contributed by atoms with E-state index in [0.29, 0.717) is 5.56 Å². The molecule has 0 amide bonds. The fraction of sp³-hybridized carbons (Fsp3) is 0. The zero-order valence-electron chi connectivity index (χ0n) is 24.8. The number of aromatic nitrogens is 3. The molecule has 4 heteroatoms. The molecule has 3 heterocycles. The number of hydrogen-bond acceptors (Lipinski definition) is 4. The average Bonchev–Trinajstić information content (AvgIpc) is 3.14. The van der Waals surface area contributed by atoms with E-state index in [-0.39, 0.29) is 0 Å². The molecule has 3 aromatic heterocycles. The highest BCUT2D eigenvalue weighted by Gasteiger charge is 2.13. The van der Waals surface area contributed by atoms with Crippen molar-refractivity contribution in [3.05, 3.63) is 164 Å². The van der Waals surface area contributed by atoms with Gasteiger partial charge in [-0.15, -0.1) is 0 Å². The lowest BCUT2D eigenvalue weighted by atomic mass is 9.92. The van der Waals surface area contributed by atoms with Crippen LogP contribution in [0.2, 0.25) is 0 Å². The Morgan fingerprint density at radius 3 is 1.67 bits per heavy atom. The van der Waals surface area contributed by atoms with Gasteiger partial charge in [0.15, 0.2) is 0 Å². The standard InChI is InChI=1S/C42H26N4/c43-27-28-13-15-30(16-14-28)35-9-6-8-33-23-31(19-20-37(33)35)32-18-17-29-7-5-10-36(38(29)24-32)34-25-41(39-11-1-3-21-44-39)46-42(26-34)40-12-2-4-22-45-40/h1-26H. The van der Waals surface area contributed by atoms with Crippen LogP contribution in [0.3, 0.4) is 0 Å². The second kappa shape index (κ2) is 11.6. The molecule has 5 aromatic carbocycles. The van der Waals surface area contributed by atoms with E-state index in [9.17, 15) is 5.26 Å². The van der Waals surface area contributed by atoms with Gasteiger partial charge >= 0.3 is 0 Å². The van der Waals surface area contributed by atoms with Crippen molar-refractivity contribution < 1.29 is 0 Å². The number of benzene rings is 5. The van der Waals surface area contributed by atoms with Gasteiger partial charge in [0.25, 0.3) is 0 Å². The van der Waals surface area contributed by atoms with Crippen LogP contribution in [0, 0.1) is 11.3 Å². The molecule has 0 aliphatic rings. The molecule has 0 atom stereocenters. The minimum absolute atomic E-state index is 0.662. The van der Waals surface area contributed by atoms with Crippen molar-refractivity contribution in [2.45, 2.75) is 0 Å². The van der Waals surface area contributed by atoms with Crippen molar-refractivity contribution in [3.63, 3.8) is 0 Å². The molecule has 0 saturated heterocycles. The van der Waals surface area contributed by atoms with Crippen LogP contribution in [0.5, 0.6) is 0 Å². The second-order valence-electron chi connectivity index (χ2n) is 11.2. The third kappa shape index (κ3) is 5.06. The topological polar surface area (TPSA) is 62.5 Å². The van der Waals surface area contributed by atoms with Crippen LogP contribution in [0.1, 0.15) is 5.56 Å². The first-order valence-corrected chi connectivity index (χ1v) is 15.2. The van der Waals surface area contributed by atoms with Crippen molar-refractivity contribution in [2.24, 2.45) is 0 Å². The summed E-state index contributed by atoms with van der Waals surface area (Å²) < 4.78 is 0. The zero-order valence-corrected chi connectivity index (χ0v) is 24.8. The second-order valence-corrected chi connectivity index (χ2v) is 11.2. The summed E-state index contributed by atoms with van der Waals surface area (Å²) in [5.74, 6) is 0. The van der Waals surface area contributed by atoms with Gasteiger partial charge in [0.1, 0.15) is 0 Å². The molecule has 46 heavy (non-hydrogen) atoms. The first-order valence-electron chi connectivity index (χ1n) is 15.2. The largest absolute Gasteiger partial charge is 0.255 e. The Labute approximate surface area is 266 Å². The molecule has 0 fully saturated rings. The van der Waals surface area contributed by atoms with Crippen molar-refractivity contribution in [1.29, 1.82) is 5.26 Å². The molecule has 0 aliphatic carbocycles. The number of fused-ring (bicyclic) bond motifs is 2. The van der Waals surface area contributed by atoms with E-state index in [1.807, 2.05) is 60.7 Å². The van der Waals surface area contributed by atoms with Crippen LogP contribution in [0.15, 0.2) is 158 Å². The van der Waals surface area contributed by atoms with Crippen molar-refractivity contribution in [1.82, 2.24) is 15.0 Å². The molecule has 0 N–H and O–H groups in total. The number of rotatable bonds is 5. The van der Waals surface area contributed by atoms with Crippen molar-refractivity contribution in [3.8, 4) is 62.2 Å². The first kappa shape index (κ1) is 27.1. The Morgan fingerprint density at radius 1 is 0.413 bits per heavy atom. The van der Waals surface area contributed by atoms with Gasteiger partial charge < -0.3 is 0 Å². The number of nitrogens with zero attached hydrogens (tertiary/aromatic N) is 4. The van der Waals surface area contributed by atoms with Gasteiger partial charge in [-0.1, -0.05) is 84.9 Å². The SMILES string of the molecule is N#Cc1ccc(-c2cccc3cc(-c4ccc5cccc(-c6cc(-c7ccccn7)nc(-c7ccccn7)c6)c5c4)ccc23)cc1. The van der Waals surface area contributed by atoms with Gasteiger partial charge in [-0.25, -0.2) is 4.98 Å². The summed E-state index contributed by atoms with van der Waals surface area (Å²) in [6.07, 6.45) is 3.59. The number of nitriles is 1. The fourth-order valence-corrected chi connectivity index (χ4v) is 6.12. The monoisotopic (exact) mass is 586 g/mol. The number of pyridine rings is 3. The van der Waals surface area contributed by atoms with E-state index < -0.39 is 0 Å². The van der Waals surface area contributed by atoms with Crippen LogP contribution in [0.25, 0.3) is 77.7 Å². The summed E-state index contributed by atoms with van der Waals surface area (Å²) in [5, 5.41) is 13.9. The van der Waals surface area contributed by atoms with E-state index in [4.69, 9.17) is 4.98 Å². The Balaban J connectivity index is 1.25. The van der Waals surface area contributed by atoms with Gasteiger partial charge in [-0.2, -0.15) is 5.26 Å². The highest BCUT2D eigenvalue weighted by molar-refractivity contribution is 6.02. The Kier molecular flexibility index (Phi) is 6.83. The van der Waals surface area contributed by atoms with Crippen molar-refractivity contribution >= 4 is 21.5 Å². The van der Waals surface area contributed by atoms with E-state index in [1.54, 1.807) is 12.4 Å². The summed E-state index contributed by atoms with van der Waals surface area (Å²) in [5.41, 5.74) is 10.6. The summed E-state index contributed by atoms with van der Waals surface area (Å²) in [4.78, 5) is 14.2. The predicted molar refractivity (Wildman–Crippen MR) is 187 cm³/mol. The first-order chi connectivity index (χ1) is 22.7.